The first kappa shape index (κ1) is 11.2. The van der Waals surface area contributed by atoms with Crippen molar-refractivity contribution in [2.45, 2.75) is 19.5 Å². The molecule has 2 nitrogen and oxygen atoms in total. The minimum Gasteiger partial charge on any atom is -0.361 e. The van der Waals surface area contributed by atoms with E-state index in [2.05, 4.69) is 23.8 Å². The minimum atomic E-state index is 0.317. The minimum absolute atomic E-state index is 0.317. The first-order valence-corrected chi connectivity index (χ1v) is 5.70. The van der Waals surface area contributed by atoms with Gasteiger partial charge in [0.15, 0.2) is 0 Å². The Balaban J connectivity index is 2.22. The number of halogens is 1. The molecule has 0 bridgehead atoms. The Morgan fingerprint density at radius 1 is 1.56 bits per heavy atom. The standard InChI is InChI=1S/C13H15ClN2/c1-3-9(2)15-7-10-8-16-13-6-11(14)4-5-12(10)13/h3-6,8-9,15-16H,1,7H2,2H3. The van der Waals surface area contributed by atoms with E-state index in [4.69, 9.17) is 11.6 Å². The average Bonchev–Trinajstić information content (AvgIpc) is 2.68. The molecule has 1 aromatic heterocycles. The molecule has 2 aromatic rings. The molecule has 1 heterocycles. The Morgan fingerprint density at radius 3 is 3.12 bits per heavy atom. The van der Waals surface area contributed by atoms with Gasteiger partial charge >= 0.3 is 0 Å². The molecule has 0 saturated heterocycles. The largest absolute Gasteiger partial charge is 0.361 e. The summed E-state index contributed by atoms with van der Waals surface area (Å²) in [5.74, 6) is 0. The van der Waals surface area contributed by atoms with E-state index in [0.29, 0.717) is 6.04 Å². The number of aromatic amines is 1. The van der Waals surface area contributed by atoms with Gasteiger partial charge < -0.3 is 10.3 Å². The van der Waals surface area contributed by atoms with Crippen LogP contribution in [-0.4, -0.2) is 11.0 Å². The van der Waals surface area contributed by atoms with Crippen LogP contribution in [0.2, 0.25) is 5.02 Å². The Morgan fingerprint density at radius 2 is 2.38 bits per heavy atom. The number of rotatable bonds is 4. The SMILES string of the molecule is C=CC(C)NCc1c[nH]c2cc(Cl)ccc12. The predicted molar refractivity (Wildman–Crippen MR) is 69.8 cm³/mol. The molecule has 84 valence electrons. The second-order valence-corrected chi connectivity index (χ2v) is 4.35. The number of hydrogen-bond donors (Lipinski definition) is 2. The molecule has 1 unspecified atom stereocenters. The highest BCUT2D eigenvalue weighted by molar-refractivity contribution is 6.31. The van der Waals surface area contributed by atoms with Crippen LogP contribution in [0.5, 0.6) is 0 Å². The van der Waals surface area contributed by atoms with Crippen LogP contribution < -0.4 is 5.32 Å². The van der Waals surface area contributed by atoms with E-state index in [1.54, 1.807) is 0 Å². The Hall–Kier alpha value is -1.25. The molecule has 0 saturated carbocycles. The lowest BCUT2D eigenvalue weighted by molar-refractivity contribution is 0.636. The normalized spacial score (nSPS) is 12.9. The van der Waals surface area contributed by atoms with E-state index in [1.165, 1.54) is 10.9 Å². The molecule has 0 radical (unpaired) electrons. The van der Waals surface area contributed by atoms with E-state index in [9.17, 15) is 0 Å². The molecular formula is C13H15ClN2. The first-order chi connectivity index (χ1) is 7.70. The van der Waals surface area contributed by atoms with Gasteiger partial charge in [0.2, 0.25) is 0 Å². The van der Waals surface area contributed by atoms with Crippen LogP contribution >= 0.6 is 11.6 Å². The van der Waals surface area contributed by atoms with E-state index < -0.39 is 0 Å². The highest BCUT2D eigenvalue weighted by Crippen LogP contribution is 2.21. The quantitative estimate of drug-likeness (QED) is 0.779. The summed E-state index contributed by atoms with van der Waals surface area (Å²) < 4.78 is 0. The van der Waals surface area contributed by atoms with Gasteiger partial charge in [0.05, 0.1) is 0 Å². The van der Waals surface area contributed by atoms with Crippen LogP contribution in [0.25, 0.3) is 10.9 Å². The molecule has 0 spiro atoms. The van der Waals surface area contributed by atoms with Gasteiger partial charge in [0.25, 0.3) is 0 Å². The molecule has 0 fully saturated rings. The number of fused-ring (bicyclic) bond motifs is 1. The summed E-state index contributed by atoms with van der Waals surface area (Å²) in [5, 5.41) is 5.34. The third-order valence-corrected chi connectivity index (χ3v) is 2.93. The second-order valence-electron chi connectivity index (χ2n) is 3.91. The Labute approximate surface area is 100 Å². The van der Waals surface area contributed by atoms with Gasteiger partial charge in [-0.2, -0.15) is 0 Å². The van der Waals surface area contributed by atoms with E-state index >= 15 is 0 Å². The number of nitrogens with one attached hydrogen (secondary N) is 2. The van der Waals surface area contributed by atoms with E-state index in [0.717, 1.165) is 17.1 Å². The molecule has 16 heavy (non-hydrogen) atoms. The summed E-state index contributed by atoms with van der Waals surface area (Å²) in [6.07, 6.45) is 3.91. The number of H-pyrrole nitrogens is 1. The van der Waals surface area contributed by atoms with Crippen molar-refractivity contribution in [1.82, 2.24) is 10.3 Å². The van der Waals surface area contributed by atoms with Gasteiger partial charge in [-0.05, 0) is 24.6 Å². The summed E-state index contributed by atoms with van der Waals surface area (Å²) >= 11 is 5.93. The molecule has 3 heteroatoms. The van der Waals surface area contributed by atoms with Crippen LogP contribution in [0, 0.1) is 0 Å². The topological polar surface area (TPSA) is 27.8 Å². The van der Waals surface area contributed by atoms with Gasteiger partial charge in [0, 0.05) is 34.7 Å². The van der Waals surface area contributed by atoms with Crippen molar-refractivity contribution in [2.24, 2.45) is 0 Å². The van der Waals surface area contributed by atoms with Gasteiger partial charge in [-0.3, -0.25) is 0 Å². The zero-order valence-corrected chi connectivity index (χ0v) is 10.0. The van der Waals surface area contributed by atoms with Crippen molar-refractivity contribution < 1.29 is 0 Å². The number of aromatic nitrogens is 1. The third-order valence-electron chi connectivity index (χ3n) is 2.70. The second kappa shape index (κ2) is 4.73. The zero-order valence-electron chi connectivity index (χ0n) is 9.26. The first-order valence-electron chi connectivity index (χ1n) is 5.32. The molecule has 1 atom stereocenters. The summed E-state index contributed by atoms with van der Waals surface area (Å²) in [4.78, 5) is 3.22. The van der Waals surface area contributed by atoms with Crippen LogP contribution in [0.1, 0.15) is 12.5 Å². The monoisotopic (exact) mass is 234 g/mol. The van der Waals surface area contributed by atoms with Crippen LogP contribution in [0.15, 0.2) is 37.1 Å². The van der Waals surface area contributed by atoms with Gasteiger partial charge in [-0.1, -0.05) is 23.7 Å². The molecule has 0 aliphatic rings. The zero-order chi connectivity index (χ0) is 11.5. The summed E-state index contributed by atoms with van der Waals surface area (Å²) in [6, 6.07) is 6.22. The highest BCUT2D eigenvalue weighted by atomic mass is 35.5. The van der Waals surface area contributed by atoms with Crippen molar-refractivity contribution in [3.63, 3.8) is 0 Å². The molecule has 2 rings (SSSR count). The molecule has 0 aliphatic carbocycles. The fourth-order valence-electron chi connectivity index (χ4n) is 1.66. The fourth-order valence-corrected chi connectivity index (χ4v) is 1.83. The lowest BCUT2D eigenvalue weighted by Crippen LogP contribution is -2.22. The smallest absolute Gasteiger partial charge is 0.0472 e. The molecule has 0 amide bonds. The predicted octanol–water partition coefficient (Wildman–Crippen LogP) is 3.49. The molecule has 0 aliphatic heterocycles. The van der Waals surface area contributed by atoms with Crippen molar-refractivity contribution in [3.05, 3.63) is 47.6 Å². The van der Waals surface area contributed by atoms with E-state index in [-0.39, 0.29) is 0 Å². The highest BCUT2D eigenvalue weighted by Gasteiger charge is 2.04. The Kier molecular flexibility index (Phi) is 3.32. The number of hydrogen-bond acceptors (Lipinski definition) is 1. The van der Waals surface area contributed by atoms with Crippen molar-refractivity contribution in [3.8, 4) is 0 Å². The van der Waals surface area contributed by atoms with Gasteiger partial charge in [0.1, 0.15) is 0 Å². The summed E-state index contributed by atoms with van der Waals surface area (Å²) in [5.41, 5.74) is 2.33. The lowest BCUT2D eigenvalue weighted by atomic mass is 10.1. The maximum Gasteiger partial charge on any atom is 0.0472 e. The van der Waals surface area contributed by atoms with E-state index in [1.807, 2.05) is 30.5 Å². The van der Waals surface area contributed by atoms with Crippen molar-refractivity contribution in [1.29, 1.82) is 0 Å². The van der Waals surface area contributed by atoms with Crippen LogP contribution in [-0.2, 0) is 6.54 Å². The lowest BCUT2D eigenvalue weighted by Gasteiger charge is -2.07. The maximum atomic E-state index is 5.93. The maximum absolute atomic E-state index is 5.93. The van der Waals surface area contributed by atoms with Gasteiger partial charge in [-0.25, -0.2) is 0 Å². The molecule has 1 aromatic carbocycles. The Bertz CT molecular complexity index is 502. The molecule has 2 N–H and O–H groups in total. The third kappa shape index (κ3) is 2.29. The fraction of sp³-hybridized carbons (Fsp3) is 0.231. The average molecular weight is 235 g/mol. The summed E-state index contributed by atoms with van der Waals surface area (Å²) in [7, 11) is 0. The number of benzene rings is 1. The van der Waals surface area contributed by atoms with Gasteiger partial charge in [-0.15, -0.1) is 6.58 Å². The molecular weight excluding hydrogens is 220 g/mol. The van der Waals surface area contributed by atoms with Crippen molar-refractivity contribution >= 4 is 22.5 Å². The van der Waals surface area contributed by atoms with Crippen LogP contribution in [0.4, 0.5) is 0 Å². The summed E-state index contributed by atoms with van der Waals surface area (Å²) in [6.45, 7) is 6.66. The van der Waals surface area contributed by atoms with Crippen molar-refractivity contribution in [2.75, 3.05) is 0 Å². The van der Waals surface area contributed by atoms with Crippen LogP contribution in [0.3, 0.4) is 0 Å².